The molecule has 39 heavy (non-hydrogen) atoms. The van der Waals surface area contributed by atoms with Crippen LogP contribution in [0.2, 0.25) is 0 Å². The Kier molecular flexibility index (Phi) is 9.36. The molecule has 2 aromatic heterocycles. The van der Waals surface area contributed by atoms with E-state index in [1.165, 1.54) is 24.2 Å². The number of rotatable bonds is 11. The second kappa shape index (κ2) is 12.5. The van der Waals surface area contributed by atoms with E-state index in [0.717, 1.165) is 4.57 Å². The zero-order valence-corrected chi connectivity index (χ0v) is 20.9. The first-order valence-electron chi connectivity index (χ1n) is 12.1. The number of nitrogens with zero attached hydrogens (tertiary/aromatic N) is 5. The monoisotopic (exact) mass is 557 g/mol. The third kappa shape index (κ3) is 6.48. The van der Waals surface area contributed by atoms with Gasteiger partial charge in [-0.05, 0) is 0 Å². The van der Waals surface area contributed by atoms with Crippen molar-refractivity contribution in [2.75, 3.05) is 20.3 Å². The molecule has 2 aliphatic rings. The predicted molar refractivity (Wildman–Crippen MR) is 124 cm³/mol. The lowest BCUT2D eigenvalue weighted by molar-refractivity contribution is -0.304. The maximum atomic E-state index is 12.8. The van der Waals surface area contributed by atoms with E-state index in [-0.39, 0.29) is 43.4 Å². The molecule has 0 bridgehead atoms. The van der Waals surface area contributed by atoms with Gasteiger partial charge in [-0.25, -0.2) is 9.48 Å². The highest BCUT2D eigenvalue weighted by Gasteiger charge is 2.44. The number of Topliss-reactive ketones (excluding diaryl/α,β-unsaturated/α-hetero) is 1. The van der Waals surface area contributed by atoms with Crippen LogP contribution in [0.5, 0.6) is 5.88 Å². The van der Waals surface area contributed by atoms with E-state index in [0.29, 0.717) is 5.56 Å². The number of ketones is 1. The normalized spacial score (nSPS) is 30.9. The lowest BCUT2D eigenvalue weighted by Gasteiger charge is -2.39. The first kappa shape index (κ1) is 29.1. The van der Waals surface area contributed by atoms with E-state index >= 15 is 0 Å². The van der Waals surface area contributed by atoms with Gasteiger partial charge in [0.2, 0.25) is 5.88 Å². The molecule has 4 heterocycles. The maximum absolute atomic E-state index is 12.8. The molecular weight excluding hydrogens is 526 g/mol. The van der Waals surface area contributed by atoms with Crippen LogP contribution in [0.25, 0.3) is 0 Å². The van der Waals surface area contributed by atoms with Crippen LogP contribution >= 0.6 is 0 Å². The standard InChI is InChI=1S/C22H31N5O12/c1-36-20-10(4-27(22(35)23-20)16-3-13(31)14(7-28)38-16)2-12(30)6-26-5-11(24-25-26)9-37-21-19(34)18(33)17(32)15(8-29)39-21/h4-5,13-19,21,28-29,31-34H,2-3,6-9H2,1H3/t13-,14+,15+,16+,17-,18-,19+,21+/m0/s1. The smallest absolute Gasteiger partial charge is 0.352 e. The first-order valence-corrected chi connectivity index (χ1v) is 12.1. The second-order valence-electron chi connectivity index (χ2n) is 9.21. The van der Waals surface area contributed by atoms with Crippen molar-refractivity contribution >= 4 is 5.78 Å². The molecule has 0 aliphatic carbocycles. The van der Waals surface area contributed by atoms with Crippen LogP contribution in [0.1, 0.15) is 23.9 Å². The van der Waals surface area contributed by atoms with Crippen molar-refractivity contribution in [3.05, 3.63) is 34.1 Å². The van der Waals surface area contributed by atoms with Gasteiger partial charge < -0.3 is 49.6 Å². The summed E-state index contributed by atoms with van der Waals surface area (Å²) in [5, 5.41) is 66.1. The Morgan fingerprint density at radius 3 is 2.49 bits per heavy atom. The molecule has 2 aromatic rings. The van der Waals surface area contributed by atoms with E-state index in [1.54, 1.807) is 0 Å². The average Bonchev–Trinajstić information content (AvgIpc) is 3.53. The van der Waals surface area contributed by atoms with E-state index < -0.39 is 68.0 Å². The summed E-state index contributed by atoms with van der Waals surface area (Å²) in [7, 11) is 1.30. The number of hydrogen-bond donors (Lipinski definition) is 6. The highest BCUT2D eigenvalue weighted by atomic mass is 16.7. The maximum Gasteiger partial charge on any atom is 0.352 e. The molecule has 0 unspecified atom stereocenters. The molecule has 6 N–H and O–H groups in total. The van der Waals surface area contributed by atoms with Crippen LogP contribution in [-0.2, 0) is 38.6 Å². The summed E-state index contributed by atoms with van der Waals surface area (Å²) < 4.78 is 23.7. The number of methoxy groups -OCH3 is 1. The van der Waals surface area contributed by atoms with Crippen molar-refractivity contribution in [2.24, 2.45) is 0 Å². The minimum atomic E-state index is -1.59. The van der Waals surface area contributed by atoms with Crippen LogP contribution in [0, 0.1) is 0 Å². The van der Waals surface area contributed by atoms with Crippen LogP contribution in [0.15, 0.2) is 17.2 Å². The summed E-state index contributed by atoms with van der Waals surface area (Å²) in [4.78, 5) is 29.1. The number of ether oxygens (including phenoxy) is 4. The van der Waals surface area contributed by atoms with Crippen molar-refractivity contribution in [3.8, 4) is 5.88 Å². The number of hydrogen-bond acceptors (Lipinski definition) is 15. The highest BCUT2D eigenvalue weighted by Crippen LogP contribution is 2.28. The Labute approximate surface area is 220 Å². The molecule has 0 aromatic carbocycles. The van der Waals surface area contributed by atoms with Crippen molar-refractivity contribution in [1.29, 1.82) is 0 Å². The molecule has 0 saturated carbocycles. The van der Waals surface area contributed by atoms with Crippen LogP contribution in [-0.4, -0.2) is 124 Å². The van der Waals surface area contributed by atoms with Crippen LogP contribution < -0.4 is 10.4 Å². The van der Waals surface area contributed by atoms with Crippen molar-refractivity contribution < 1.29 is 54.4 Å². The van der Waals surface area contributed by atoms with Gasteiger partial charge in [0.05, 0.1) is 39.2 Å². The summed E-state index contributed by atoms with van der Waals surface area (Å²) >= 11 is 0. The van der Waals surface area contributed by atoms with Crippen molar-refractivity contribution in [3.63, 3.8) is 0 Å². The number of carbonyl (C=O) groups is 1. The number of carbonyl (C=O) groups excluding carboxylic acids is 1. The summed E-state index contributed by atoms with van der Waals surface area (Å²) in [5.41, 5.74) is -0.152. The number of aliphatic hydroxyl groups excluding tert-OH is 6. The molecule has 216 valence electrons. The van der Waals surface area contributed by atoms with E-state index in [4.69, 9.17) is 18.9 Å². The Bertz CT molecular complexity index is 1190. The van der Waals surface area contributed by atoms with Gasteiger partial charge in [-0.15, -0.1) is 5.10 Å². The zero-order valence-electron chi connectivity index (χ0n) is 20.9. The molecule has 17 heteroatoms. The van der Waals surface area contributed by atoms with Crippen molar-refractivity contribution in [1.82, 2.24) is 24.5 Å². The fraction of sp³-hybridized carbons (Fsp3) is 0.682. The summed E-state index contributed by atoms with van der Waals surface area (Å²) in [6.07, 6.45) is -7.18. The topological polar surface area (TPSA) is 241 Å². The predicted octanol–water partition coefficient (Wildman–Crippen LogP) is -4.39. The fourth-order valence-corrected chi connectivity index (χ4v) is 4.35. The lowest BCUT2D eigenvalue weighted by Crippen LogP contribution is -2.59. The van der Waals surface area contributed by atoms with Gasteiger partial charge in [-0.3, -0.25) is 9.36 Å². The molecule has 0 spiro atoms. The quantitative estimate of drug-likeness (QED) is 0.153. The third-order valence-electron chi connectivity index (χ3n) is 6.43. The van der Waals surface area contributed by atoms with Crippen LogP contribution in [0.3, 0.4) is 0 Å². The summed E-state index contributed by atoms with van der Waals surface area (Å²) in [5.74, 6) is -0.388. The largest absolute Gasteiger partial charge is 0.481 e. The number of aromatic nitrogens is 5. The minimum Gasteiger partial charge on any atom is -0.481 e. The second-order valence-corrected chi connectivity index (χ2v) is 9.21. The van der Waals surface area contributed by atoms with Gasteiger partial charge in [0.15, 0.2) is 12.1 Å². The zero-order chi connectivity index (χ0) is 28.3. The van der Waals surface area contributed by atoms with E-state index in [9.17, 15) is 40.2 Å². The minimum absolute atomic E-state index is 0.0472. The third-order valence-corrected chi connectivity index (χ3v) is 6.43. The molecule has 0 radical (unpaired) electrons. The molecule has 2 fully saturated rings. The first-order chi connectivity index (χ1) is 18.6. The average molecular weight is 558 g/mol. The Morgan fingerprint density at radius 1 is 1.08 bits per heavy atom. The van der Waals surface area contributed by atoms with E-state index in [2.05, 4.69) is 15.3 Å². The fourth-order valence-electron chi connectivity index (χ4n) is 4.35. The summed E-state index contributed by atoms with van der Waals surface area (Å²) in [6, 6.07) is 0. The molecule has 0 amide bonds. The Hall–Kier alpha value is -2.87. The Balaban J connectivity index is 1.37. The van der Waals surface area contributed by atoms with Gasteiger partial charge in [-0.1, -0.05) is 5.21 Å². The van der Waals surface area contributed by atoms with Gasteiger partial charge in [0.25, 0.3) is 0 Å². The molecule has 2 aliphatic heterocycles. The molecule has 4 rings (SSSR count). The van der Waals surface area contributed by atoms with Gasteiger partial charge in [0, 0.05) is 24.6 Å². The van der Waals surface area contributed by atoms with Crippen molar-refractivity contribution in [2.45, 2.75) is 75.1 Å². The molecule has 8 atom stereocenters. The number of aliphatic hydroxyl groups is 6. The molecule has 2 saturated heterocycles. The Morgan fingerprint density at radius 2 is 1.82 bits per heavy atom. The van der Waals surface area contributed by atoms with E-state index in [1.807, 2.05) is 0 Å². The molecular formula is C22H31N5O12. The SMILES string of the molecule is COc1nc(=O)n([C@H]2C[C@H](O)[C@@H](CO)O2)cc1CC(=O)Cn1cc(CO[C@@H]2O[C@H](CO)[C@H](O)[C@H](O)[C@H]2O)nn1. The summed E-state index contributed by atoms with van der Waals surface area (Å²) in [6.45, 7) is -1.45. The van der Waals surface area contributed by atoms with Gasteiger partial charge in [0.1, 0.15) is 49.0 Å². The molecule has 17 nitrogen and oxygen atoms in total. The van der Waals surface area contributed by atoms with Gasteiger partial charge >= 0.3 is 5.69 Å². The van der Waals surface area contributed by atoms with Crippen LogP contribution in [0.4, 0.5) is 0 Å². The van der Waals surface area contributed by atoms with Gasteiger partial charge in [-0.2, -0.15) is 4.98 Å². The lowest BCUT2D eigenvalue weighted by atomic mass is 9.99. The highest BCUT2D eigenvalue weighted by molar-refractivity contribution is 5.81.